The molecule has 0 atom stereocenters. The number of thioether (sulfide) groups is 1. The number of rotatable bonds is 6. The molecule has 0 spiro atoms. The highest BCUT2D eigenvalue weighted by atomic mass is 35.5. The first-order valence-corrected chi connectivity index (χ1v) is 11.4. The summed E-state index contributed by atoms with van der Waals surface area (Å²) in [5.74, 6) is -0.521. The molecule has 2 aromatic rings. The number of thiophene rings is 1. The molecule has 0 radical (unpaired) electrons. The van der Waals surface area contributed by atoms with Gasteiger partial charge in [-0.15, -0.1) is 23.1 Å². The molecule has 160 valence electrons. The summed E-state index contributed by atoms with van der Waals surface area (Å²) < 4.78 is 10.00. The Morgan fingerprint density at radius 1 is 1.27 bits per heavy atom. The first-order chi connectivity index (χ1) is 14.4. The maximum absolute atomic E-state index is 12.6. The van der Waals surface area contributed by atoms with E-state index in [-0.39, 0.29) is 18.3 Å². The lowest BCUT2D eigenvalue weighted by molar-refractivity contribution is -0.113. The third-order valence-electron chi connectivity index (χ3n) is 4.41. The Labute approximate surface area is 187 Å². The SMILES string of the molecule is CCOC(=O)c1c(NC(=O)CSc2ccc(Cl)cc2)sc2c1CCN(C(=O)OC)C2. The van der Waals surface area contributed by atoms with Crippen LogP contribution in [0.25, 0.3) is 0 Å². The molecule has 1 aliphatic heterocycles. The van der Waals surface area contributed by atoms with Crippen LogP contribution in [0, 0.1) is 0 Å². The average molecular weight is 469 g/mol. The molecule has 30 heavy (non-hydrogen) atoms. The number of nitrogens with zero attached hydrogens (tertiary/aromatic N) is 1. The maximum Gasteiger partial charge on any atom is 0.409 e. The smallest absolute Gasteiger partial charge is 0.409 e. The fraction of sp³-hybridized carbons (Fsp3) is 0.350. The zero-order valence-electron chi connectivity index (χ0n) is 16.5. The minimum atomic E-state index is -0.470. The Morgan fingerprint density at radius 3 is 2.67 bits per heavy atom. The highest BCUT2D eigenvalue weighted by Gasteiger charge is 2.31. The molecule has 0 aliphatic carbocycles. The van der Waals surface area contributed by atoms with Gasteiger partial charge in [-0.25, -0.2) is 9.59 Å². The standard InChI is InChI=1S/C20H21ClN2O5S2/c1-3-28-19(25)17-14-8-9-23(20(26)27-2)10-15(14)30-18(17)22-16(24)11-29-13-6-4-12(21)5-7-13/h4-7H,3,8-11H2,1-2H3,(H,22,24). The Morgan fingerprint density at radius 2 is 2.00 bits per heavy atom. The van der Waals surface area contributed by atoms with Crippen LogP contribution < -0.4 is 5.32 Å². The topological polar surface area (TPSA) is 84.9 Å². The van der Waals surface area contributed by atoms with E-state index in [1.54, 1.807) is 24.0 Å². The van der Waals surface area contributed by atoms with Crippen LogP contribution in [-0.4, -0.2) is 48.9 Å². The van der Waals surface area contributed by atoms with E-state index in [0.717, 1.165) is 15.3 Å². The second-order valence-electron chi connectivity index (χ2n) is 6.36. The Kier molecular flexibility index (Phi) is 7.63. The van der Waals surface area contributed by atoms with E-state index in [1.165, 1.54) is 30.2 Å². The molecule has 3 rings (SSSR count). The monoisotopic (exact) mass is 468 g/mol. The molecule has 0 saturated carbocycles. The van der Waals surface area contributed by atoms with E-state index in [9.17, 15) is 14.4 Å². The van der Waals surface area contributed by atoms with Crippen molar-refractivity contribution in [2.45, 2.75) is 24.8 Å². The number of anilines is 1. The van der Waals surface area contributed by atoms with Gasteiger partial charge in [-0.1, -0.05) is 11.6 Å². The van der Waals surface area contributed by atoms with Gasteiger partial charge in [-0.2, -0.15) is 0 Å². The molecule has 1 aromatic carbocycles. The molecule has 1 N–H and O–H groups in total. The van der Waals surface area contributed by atoms with E-state index in [1.807, 2.05) is 12.1 Å². The first kappa shape index (κ1) is 22.5. The van der Waals surface area contributed by atoms with Gasteiger partial charge in [0.2, 0.25) is 5.91 Å². The van der Waals surface area contributed by atoms with Gasteiger partial charge in [0.25, 0.3) is 0 Å². The van der Waals surface area contributed by atoms with E-state index in [0.29, 0.717) is 35.1 Å². The molecule has 0 unspecified atom stereocenters. The normalized spacial score (nSPS) is 12.8. The number of amides is 2. The van der Waals surface area contributed by atoms with Crippen LogP contribution in [0.2, 0.25) is 5.02 Å². The summed E-state index contributed by atoms with van der Waals surface area (Å²) in [7, 11) is 1.33. The second-order valence-corrected chi connectivity index (χ2v) is 8.95. The summed E-state index contributed by atoms with van der Waals surface area (Å²) in [6.07, 6.45) is 0.0708. The van der Waals surface area contributed by atoms with Gasteiger partial charge < -0.3 is 19.7 Å². The van der Waals surface area contributed by atoms with Crippen LogP contribution in [0.3, 0.4) is 0 Å². The van der Waals surface area contributed by atoms with Crippen LogP contribution in [0.15, 0.2) is 29.2 Å². The Balaban J connectivity index is 1.76. The number of methoxy groups -OCH3 is 1. The van der Waals surface area contributed by atoms with Gasteiger partial charge in [0.1, 0.15) is 5.00 Å². The van der Waals surface area contributed by atoms with Gasteiger partial charge in [-0.3, -0.25) is 4.79 Å². The number of ether oxygens (including phenoxy) is 2. The van der Waals surface area contributed by atoms with Gasteiger partial charge in [0.05, 0.1) is 31.6 Å². The van der Waals surface area contributed by atoms with Crippen LogP contribution in [0.1, 0.15) is 27.7 Å². The lowest BCUT2D eigenvalue weighted by Crippen LogP contribution is -2.35. The molecular weight excluding hydrogens is 448 g/mol. The third-order valence-corrected chi connectivity index (χ3v) is 6.80. The summed E-state index contributed by atoms with van der Waals surface area (Å²) >= 11 is 8.54. The second kappa shape index (κ2) is 10.2. The van der Waals surface area contributed by atoms with Crippen molar-refractivity contribution < 1.29 is 23.9 Å². The quantitative estimate of drug-likeness (QED) is 0.498. The van der Waals surface area contributed by atoms with Gasteiger partial charge in [0, 0.05) is 21.3 Å². The first-order valence-electron chi connectivity index (χ1n) is 9.25. The van der Waals surface area contributed by atoms with Crippen molar-refractivity contribution in [3.8, 4) is 0 Å². The predicted molar refractivity (Wildman–Crippen MR) is 118 cm³/mol. The molecule has 2 amide bonds. The molecular formula is C20H21ClN2O5S2. The predicted octanol–water partition coefficient (Wildman–Crippen LogP) is 4.43. The molecule has 10 heteroatoms. The number of carbonyl (C=O) groups excluding carboxylic acids is 3. The Hall–Kier alpha value is -2.23. The molecule has 0 fully saturated rings. The van der Waals surface area contributed by atoms with Crippen LogP contribution >= 0.6 is 34.7 Å². The van der Waals surface area contributed by atoms with Crippen LogP contribution in [0.5, 0.6) is 0 Å². The van der Waals surface area contributed by atoms with E-state index in [2.05, 4.69) is 5.32 Å². The van der Waals surface area contributed by atoms with Gasteiger partial charge >= 0.3 is 12.1 Å². The van der Waals surface area contributed by atoms with E-state index < -0.39 is 12.1 Å². The zero-order valence-corrected chi connectivity index (χ0v) is 18.9. The minimum Gasteiger partial charge on any atom is -0.462 e. The highest BCUT2D eigenvalue weighted by Crippen LogP contribution is 2.38. The van der Waals surface area contributed by atoms with E-state index >= 15 is 0 Å². The van der Waals surface area contributed by atoms with Crippen molar-refractivity contribution >= 4 is 57.7 Å². The summed E-state index contributed by atoms with van der Waals surface area (Å²) in [4.78, 5) is 40.3. The van der Waals surface area contributed by atoms with Gasteiger partial charge in [-0.05, 0) is 43.2 Å². The maximum atomic E-state index is 12.6. The molecule has 1 aromatic heterocycles. The summed E-state index contributed by atoms with van der Waals surface area (Å²) in [6.45, 7) is 2.73. The van der Waals surface area contributed by atoms with Crippen molar-refractivity contribution in [2.75, 3.05) is 31.3 Å². The number of hydrogen-bond acceptors (Lipinski definition) is 7. The van der Waals surface area contributed by atoms with Crippen molar-refractivity contribution in [1.82, 2.24) is 4.90 Å². The fourth-order valence-corrected chi connectivity index (χ4v) is 5.13. The molecule has 1 aliphatic rings. The van der Waals surface area contributed by atoms with Crippen molar-refractivity contribution in [1.29, 1.82) is 0 Å². The largest absolute Gasteiger partial charge is 0.462 e. The number of carbonyl (C=O) groups is 3. The van der Waals surface area contributed by atoms with Crippen LogP contribution in [-0.2, 0) is 27.2 Å². The zero-order chi connectivity index (χ0) is 21.7. The average Bonchev–Trinajstić information content (AvgIpc) is 3.09. The molecule has 2 heterocycles. The minimum absolute atomic E-state index is 0.181. The fourth-order valence-electron chi connectivity index (χ4n) is 3.04. The van der Waals surface area contributed by atoms with Crippen molar-refractivity contribution in [2.24, 2.45) is 0 Å². The van der Waals surface area contributed by atoms with Crippen molar-refractivity contribution in [3.63, 3.8) is 0 Å². The number of hydrogen-bond donors (Lipinski definition) is 1. The third kappa shape index (κ3) is 5.27. The van der Waals surface area contributed by atoms with Gasteiger partial charge in [0.15, 0.2) is 0 Å². The number of halogens is 1. The number of fused-ring (bicyclic) bond motifs is 1. The van der Waals surface area contributed by atoms with Crippen LogP contribution in [0.4, 0.5) is 9.80 Å². The van der Waals surface area contributed by atoms with Crippen molar-refractivity contribution in [3.05, 3.63) is 45.3 Å². The Bertz CT molecular complexity index is 945. The molecule has 0 saturated heterocycles. The number of nitrogens with one attached hydrogen (secondary N) is 1. The lowest BCUT2D eigenvalue weighted by Gasteiger charge is -2.25. The molecule has 0 bridgehead atoms. The summed E-state index contributed by atoms with van der Waals surface area (Å²) in [5, 5.41) is 3.93. The number of benzene rings is 1. The summed E-state index contributed by atoms with van der Waals surface area (Å²) in [6, 6.07) is 7.22. The summed E-state index contributed by atoms with van der Waals surface area (Å²) in [5.41, 5.74) is 1.20. The lowest BCUT2D eigenvalue weighted by atomic mass is 10.0. The van der Waals surface area contributed by atoms with E-state index in [4.69, 9.17) is 21.1 Å². The molecule has 7 nitrogen and oxygen atoms in total. The highest BCUT2D eigenvalue weighted by molar-refractivity contribution is 8.00. The number of esters is 1.